The average Bonchev–Trinajstić information content (AvgIpc) is 2.10. The van der Waals surface area contributed by atoms with E-state index in [1.165, 1.54) is 6.92 Å². The summed E-state index contributed by atoms with van der Waals surface area (Å²) in [5.41, 5.74) is 3.99. The summed E-state index contributed by atoms with van der Waals surface area (Å²) in [5.74, 6) is -1.14. The number of hydrogen-bond donors (Lipinski definition) is 2. The van der Waals surface area contributed by atoms with Crippen LogP contribution in [0.2, 0.25) is 0 Å². The van der Waals surface area contributed by atoms with Gasteiger partial charge in [-0.05, 0) is 13.3 Å². The molecule has 0 aliphatic heterocycles. The maximum atomic E-state index is 11.6. The van der Waals surface area contributed by atoms with E-state index >= 15 is 0 Å². The van der Waals surface area contributed by atoms with Crippen molar-refractivity contribution in [2.75, 3.05) is 19.8 Å². The second-order valence-corrected chi connectivity index (χ2v) is 3.49. The highest BCUT2D eigenvalue weighted by Gasteiger charge is 2.32. The van der Waals surface area contributed by atoms with Crippen LogP contribution in [0.15, 0.2) is 0 Å². The third kappa shape index (κ3) is 5.58. The molecule has 0 heterocycles. The molecule has 0 aromatic rings. The zero-order valence-corrected chi connectivity index (χ0v) is 8.30. The molecule has 0 rings (SSSR count). The topological polar surface area (TPSA) is 72.5 Å². The van der Waals surface area contributed by atoms with Crippen molar-refractivity contribution in [2.45, 2.75) is 19.5 Å². The molecule has 4 nitrogen and oxygen atoms in total. The van der Waals surface area contributed by atoms with Crippen LogP contribution in [0.1, 0.15) is 13.3 Å². The van der Waals surface area contributed by atoms with E-state index in [0.717, 1.165) is 0 Å². The van der Waals surface area contributed by atoms with E-state index in [-0.39, 0.29) is 19.6 Å². The summed E-state index contributed by atoms with van der Waals surface area (Å²) in [7, 11) is 0. The zero-order chi connectivity index (χ0) is 12.1. The van der Waals surface area contributed by atoms with Crippen LogP contribution in [0.3, 0.4) is 0 Å². The third-order valence-electron chi connectivity index (χ3n) is 2.03. The van der Waals surface area contributed by atoms with E-state index in [1.54, 1.807) is 0 Å². The second kappa shape index (κ2) is 5.32. The monoisotopic (exact) mass is 229 g/mol. The minimum Gasteiger partial charge on any atom is -0.481 e. The van der Waals surface area contributed by atoms with Crippen molar-refractivity contribution in [3.8, 4) is 0 Å². The maximum absolute atomic E-state index is 11.6. The lowest BCUT2D eigenvalue weighted by Crippen LogP contribution is -2.37. The SMILES string of the molecule is CC(CN)(CCOCC(F)(F)F)C(=O)O. The molecule has 0 aromatic heterocycles. The van der Waals surface area contributed by atoms with Crippen LogP contribution in [0.4, 0.5) is 13.2 Å². The lowest BCUT2D eigenvalue weighted by atomic mass is 9.87. The molecule has 0 aliphatic rings. The number of carboxylic acid groups (broad SMARTS) is 1. The number of alkyl halides is 3. The van der Waals surface area contributed by atoms with Crippen molar-refractivity contribution in [3.63, 3.8) is 0 Å². The molecule has 0 saturated carbocycles. The minimum absolute atomic E-state index is 0.0467. The van der Waals surface area contributed by atoms with Gasteiger partial charge in [0.2, 0.25) is 0 Å². The Bertz CT molecular complexity index is 220. The molecule has 0 fully saturated rings. The predicted molar refractivity (Wildman–Crippen MR) is 46.3 cm³/mol. The summed E-state index contributed by atoms with van der Waals surface area (Å²) in [6.45, 7) is -0.420. The van der Waals surface area contributed by atoms with Gasteiger partial charge in [-0.2, -0.15) is 13.2 Å². The number of halogens is 3. The fourth-order valence-electron chi connectivity index (χ4n) is 0.782. The van der Waals surface area contributed by atoms with E-state index in [9.17, 15) is 18.0 Å². The molecule has 1 unspecified atom stereocenters. The molecule has 90 valence electrons. The Morgan fingerprint density at radius 3 is 2.33 bits per heavy atom. The van der Waals surface area contributed by atoms with Gasteiger partial charge in [-0.3, -0.25) is 4.79 Å². The number of carbonyl (C=O) groups is 1. The van der Waals surface area contributed by atoms with Crippen LogP contribution in [-0.2, 0) is 9.53 Å². The maximum Gasteiger partial charge on any atom is 0.411 e. The van der Waals surface area contributed by atoms with Crippen molar-refractivity contribution in [1.29, 1.82) is 0 Å². The van der Waals surface area contributed by atoms with Gasteiger partial charge in [0.15, 0.2) is 0 Å². The molecule has 0 spiro atoms. The Labute approximate surface area is 85.2 Å². The van der Waals surface area contributed by atoms with Crippen LogP contribution in [0.5, 0.6) is 0 Å². The zero-order valence-electron chi connectivity index (χ0n) is 8.30. The molecule has 0 aromatic carbocycles. The van der Waals surface area contributed by atoms with E-state index in [0.29, 0.717) is 0 Å². The first-order valence-corrected chi connectivity index (χ1v) is 4.29. The van der Waals surface area contributed by atoms with Gasteiger partial charge in [0.05, 0.1) is 5.41 Å². The van der Waals surface area contributed by atoms with Crippen molar-refractivity contribution in [2.24, 2.45) is 11.1 Å². The number of nitrogens with two attached hydrogens (primary N) is 1. The van der Waals surface area contributed by atoms with Crippen molar-refractivity contribution >= 4 is 5.97 Å². The number of rotatable bonds is 6. The lowest BCUT2D eigenvalue weighted by molar-refractivity contribution is -0.176. The Kier molecular flexibility index (Phi) is 5.02. The van der Waals surface area contributed by atoms with Crippen LogP contribution in [0, 0.1) is 5.41 Å². The van der Waals surface area contributed by atoms with Gasteiger partial charge in [-0.15, -0.1) is 0 Å². The molecule has 3 N–H and O–H groups in total. The first-order valence-electron chi connectivity index (χ1n) is 4.29. The third-order valence-corrected chi connectivity index (χ3v) is 2.03. The van der Waals surface area contributed by atoms with Crippen LogP contribution >= 0.6 is 0 Å². The van der Waals surface area contributed by atoms with Gasteiger partial charge in [-0.1, -0.05) is 0 Å². The minimum atomic E-state index is -4.39. The molecule has 1 atom stereocenters. The second-order valence-electron chi connectivity index (χ2n) is 3.49. The van der Waals surface area contributed by atoms with Crippen LogP contribution < -0.4 is 5.73 Å². The fraction of sp³-hybridized carbons (Fsp3) is 0.875. The van der Waals surface area contributed by atoms with Gasteiger partial charge >= 0.3 is 12.1 Å². The van der Waals surface area contributed by atoms with E-state index in [2.05, 4.69) is 4.74 Å². The van der Waals surface area contributed by atoms with E-state index in [1.807, 2.05) is 0 Å². The standard InChI is InChI=1S/C8H14F3NO3/c1-7(4-12,6(13)14)2-3-15-5-8(9,10)11/h2-5,12H2,1H3,(H,13,14). The lowest BCUT2D eigenvalue weighted by Gasteiger charge is -2.22. The summed E-state index contributed by atoms with van der Waals surface area (Å²) in [4.78, 5) is 10.7. The van der Waals surface area contributed by atoms with E-state index in [4.69, 9.17) is 10.8 Å². The predicted octanol–water partition coefficient (Wildman–Crippen LogP) is 1.01. The molecule has 0 radical (unpaired) electrons. The van der Waals surface area contributed by atoms with Crippen molar-refractivity contribution in [3.05, 3.63) is 0 Å². The van der Waals surface area contributed by atoms with Crippen molar-refractivity contribution < 1.29 is 27.8 Å². The first-order chi connectivity index (χ1) is 6.71. The highest BCUT2D eigenvalue weighted by Crippen LogP contribution is 2.21. The average molecular weight is 229 g/mol. The quantitative estimate of drug-likeness (QED) is 0.666. The highest BCUT2D eigenvalue weighted by atomic mass is 19.4. The van der Waals surface area contributed by atoms with Crippen LogP contribution in [-0.4, -0.2) is 37.0 Å². The normalized spacial score (nSPS) is 16.1. The number of carboxylic acids is 1. The Morgan fingerprint density at radius 1 is 1.47 bits per heavy atom. The first kappa shape index (κ1) is 14.2. The molecule has 7 heteroatoms. The largest absolute Gasteiger partial charge is 0.481 e. The summed E-state index contributed by atoms with van der Waals surface area (Å²) < 4.78 is 39.3. The van der Waals surface area contributed by atoms with Gasteiger partial charge in [0.1, 0.15) is 6.61 Å². The van der Waals surface area contributed by atoms with Crippen molar-refractivity contribution in [1.82, 2.24) is 0 Å². The molecule has 0 aliphatic carbocycles. The summed E-state index contributed by atoms with van der Waals surface area (Å²) in [6, 6.07) is 0. The highest BCUT2D eigenvalue weighted by molar-refractivity contribution is 5.74. The number of ether oxygens (including phenoxy) is 1. The van der Waals surface area contributed by atoms with Gasteiger partial charge in [0.25, 0.3) is 0 Å². The van der Waals surface area contributed by atoms with E-state index < -0.39 is 24.2 Å². The fourth-order valence-corrected chi connectivity index (χ4v) is 0.782. The smallest absolute Gasteiger partial charge is 0.411 e. The van der Waals surface area contributed by atoms with Gasteiger partial charge < -0.3 is 15.6 Å². The molecule has 0 bridgehead atoms. The molecular weight excluding hydrogens is 215 g/mol. The Morgan fingerprint density at radius 2 is 2.00 bits per heavy atom. The number of hydrogen-bond acceptors (Lipinski definition) is 3. The number of aliphatic carboxylic acids is 1. The summed E-state index contributed by atoms with van der Waals surface area (Å²) in [6.07, 6.45) is -4.43. The summed E-state index contributed by atoms with van der Waals surface area (Å²) >= 11 is 0. The molecular formula is C8H14F3NO3. The van der Waals surface area contributed by atoms with Gasteiger partial charge in [0, 0.05) is 13.2 Å². The summed E-state index contributed by atoms with van der Waals surface area (Å²) in [5, 5.41) is 8.73. The molecule has 0 saturated heterocycles. The van der Waals surface area contributed by atoms with Gasteiger partial charge in [-0.25, -0.2) is 0 Å². The van der Waals surface area contributed by atoms with Crippen LogP contribution in [0.25, 0.3) is 0 Å². The molecule has 0 amide bonds. The Balaban J connectivity index is 3.89. The molecule has 15 heavy (non-hydrogen) atoms. The Hall–Kier alpha value is -0.820.